The maximum atomic E-state index is 12.3. The molecule has 6 nitrogen and oxygen atoms in total. The predicted octanol–water partition coefficient (Wildman–Crippen LogP) is 3.01. The summed E-state index contributed by atoms with van der Waals surface area (Å²) in [4.78, 5) is 28.8. The van der Waals surface area contributed by atoms with Crippen molar-refractivity contribution < 1.29 is 14.3 Å². The van der Waals surface area contributed by atoms with Crippen molar-refractivity contribution in [2.75, 3.05) is 6.61 Å². The molecular formula is C19H18N2O4. The molecule has 0 fully saturated rings. The molecule has 3 aromatic rings. The van der Waals surface area contributed by atoms with E-state index in [1.807, 2.05) is 19.9 Å². The lowest BCUT2D eigenvalue weighted by Crippen LogP contribution is -2.17. The summed E-state index contributed by atoms with van der Waals surface area (Å²) in [6, 6.07) is 11.5. The highest BCUT2D eigenvalue weighted by atomic mass is 16.5. The van der Waals surface area contributed by atoms with Crippen LogP contribution >= 0.6 is 0 Å². The average molecular weight is 338 g/mol. The van der Waals surface area contributed by atoms with Gasteiger partial charge in [0.05, 0.1) is 18.2 Å². The van der Waals surface area contributed by atoms with Crippen LogP contribution in [0.4, 0.5) is 0 Å². The molecule has 0 radical (unpaired) electrons. The van der Waals surface area contributed by atoms with Crippen molar-refractivity contribution in [3.63, 3.8) is 0 Å². The number of esters is 1. The molecule has 128 valence electrons. The van der Waals surface area contributed by atoms with E-state index in [1.54, 1.807) is 36.5 Å². The standard InChI is InChI=1S/C19H18N2O4/c1-3-10-24-15-8-4-7-14(11-15)19(23)25-16-12-17(22)21-9-5-6-13(2)18(21)20-16/h4-9,11-12H,3,10H2,1-2H3. The monoisotopic (exact) mass is 338 g/mol. The van der Waals surface area contributed by atoms with Crippen LogP contribution in [0.5, 0.6) is 11.6 Å². The number of aromatic nitrogens is 2. The van der Waals surface area contributed by atoms with Crippen LogP contribution < -0.4 is 15.0 Å². The van der Waals surface area contributed by atoms with Crippen LogP contribution in [0.1, 0.15) is 29.3 Å². The first-order chi connectivity index (χ1) is 12.1. The number of hydrogen-bond acceptors (Lipinski definition) is 5. The van der Waals surface area contributed by atoms with Crippen LogP contribution in [0.3, 0.4) is 0 Å². The fourth-order valence-corrected chi connectivity index (χ4v) is 2.38. The maximum absolute atomic E-state index is 12.3. The molecule has 2 heterocycles. The number of carbonyl (C=O) groups is 1. The van der Waals surface area contributed by atoms with E-state index in [4.69, 9.17) is 9.47 Å². The van der Waals surface area contributed by atoms with Crippen LogP contribution in [0.2, 0.25) is 0 Å². The zero-order valence-corrected chi connectivity index (χ0v) is 14.1. The van der Waals surface area contributed by atoms with Gasteiger partial charge in [0.2, 0.25) is 5.88 Å². The molecule has 0 saturated heterocycles. The highest BCUT2D eigenvalue weighted by Crippen LogP contribution is 2.16. The van der Waals surface area contributed by atoms with E-state index in [1.165, 1.54) is 10.5 Å². The Bertz CT molecular complexity index is 979. The number of benzene rings is 1. The van der Waals surface area contributed by atoms with Gasteiger partial charge in [-0.15, -0.1) is 0 Å². The lowest BCUT2D eigenvalue weighted by molar-refractivity contribution is 0.0727. The zero-order valence-electron chi connectivity index (χ0n) is 14.1. The summed E-state index contributed by atoms with van der Waals surface area (Å²) < 4.78 is 12.2. The molecule has 0 N–H and O–H groups in total. The highest BCUT2D eigenvalue weighted by Gasteiger charge is 2.13. The minimum absolute atomic E-state index is 0.0239. The molecular weight excluding hydrogens is 320 g/mol. The van der Waals surface area contributed by atoms with Crippen LogP contribution in [0, 0.1) is 6.92 Å². The van der Waals surface area contributed by atoms with Crippen molar-refractivity contribution in [3.8, 4) is 11.6 Å². The molecule has 1 aromatic carbocycles. The molecule has 0 aliphatic rings. The number of hydrogen-bond donors (Lipinski definition) is 0. The molecule has 0 amide bonds. The predicted molar refractivity (Wildman–Crippen MR) is 93.4 cm³/mol. The minimum atomic E-state index is -0.591. The van der Waals surface area contributed by atoms with Gasteiger partial charge < -0.3 is 9.47 Å². The van der Waals surface area contributed by atoms with Crippen molar-refractivity contribution in [2.24, 2.45) is 0 Å². The molecule has 0 bridgehead atoms. The van der Waals surface area contributed by atoms with Crippen molar-refractivity contribution in [1.82, 2.24) is 9.38 Å². The largest absolute Gasteiger partial charge is 0.494 e. The second-order valence-corrected chi connectivity index (χ2v) is 5.58. The summed E-state index contributed by atoms with van der Waals surface area (Å²) in [5.41, 5.74) is 1.29. The number of ether oxygens (including phenoxy) is 2. The van der Waals surface area contributed by atoms with E-state index in [9.17, 15) is 9.59 Å². The van der Waals surface area contributed by atoms with Gasteiger partial charge >= 0.3 is 5.97 Å². The average Bonchev–Trinajstić information content (AvgIpc) is 2.61. The molecule has 0 unspecified atom stereocenters. The molecule has 3 rings (SSSR count). The fourth-order valence-electron chi connectivity index (χ4n) is 2.38. The van der Waals surface area contributed by atoms with Crippen molar-refractivity contribution in [3.05, 3.63) is 70.1 Å². The van der Waals surface area contributed by atoms with E-state index in [0.29, 0.717) is 23.6 Å². The number of fused-ring (bicyclic) bond motifs is 1. The van der Waals surface area contributed by atoms with E-state index in [-0.39, 0.29) is 11.4 Å². The molecule has 2 aromatic heterocycles. The molecule has 6 heteroatoms. The Morgan fingerprint density at radius 2 is 2.04 bits per heavy atom. The maximum Gasteiger partial charge on any atom is 0.344 e. The summed E-state index contributed by atoms with van der Waals surface area (Å²) >= 11 is 0. The van der Waals surface area contributed by atoms with Gasteiger partial charge in [0.25, 0.3) is 5.56 Å². The summed E-state index contributed by atoms with van der Waals surface area (Å²) in [5, 5.41) is 0. The van der Waals surface area contributed by atoms with Gasteiger partial charge in [-0.2, -0.15) is 4.98 Å². The first kappa shape index (κ1) is 16.7. The van der Waals surface area contributed by atoms with Crippen molar-refractivity contribution in [2.45, 2.75) is 20.3 Å². The van der Waals surface area contributed by atoms with E-state index in [2.05, 4.69) is 4.98 Å². The highest BCUT2D eigenvalue weighted by molar-refractivity contribution is 5.91. The van der Waals surface area contributed by atoms with Crippen LogP contribution in [0.25, 0.3) is 5.65 Å². The van der Waals surface area contributed by atoms with Gasteiger partial charge in [0.1, 0.15) is 11.4 Å². The smallest absolute Gasteiger partial charge is 0.344 e. The Labute approximate surface area is 144 Å². The van der Waals surface area contributed by atoms with Crippen molar-refractivity contribution in [1.29, 1.82) is 0 Å². The Morgan fingerprint density at radius 1 is 1.20 bits per heavy atom. The first-order valence-electron chi connectivity index (χ1n) is 8.02. The summed E-state index contributed by atoms with van der Waals surface area (Å²) in [5.74, 6) is -0.0188. The first-order valence-corrected chi connectivity index (χ1v) is 8.02. The summed E-state index contributed by atoms with van der Waals surface area (Å²) in [7, 11) is 0. The van der Waals surface area contributed by atoms with Gasteiger partial charge in [-0.05, 0) is 43.2 Å². The molecule has 0 aliphatic heterocycles. The van der Waals surface area contributed by atoms with Crippen LogP contribution in [-0.2, 0) is 0 Å². The molecule has 0 saturated carbocycles. The van der Waals surface area contributed by atoms with Gasteiger partial charge in [-0.3, -0.25) is 9.20 Å². The van der Waals surface area contributed by atoms with E-state index >= 15 is 0 Å². The second kappa shape index (κ2) is 7.17. The van der Waals surface area contributed by atoms with Crippen molar-refractivity contribution >= 4 is 11.6 Å². The Balaban J connectivity index is 1.87. The zero-order chi connectivity index (χ0) is 17.8. The third-order valence-corrected chi connectivity index (χ3v) is 3.60. The molecule has 25 heavy (non-hydrogen) atoms. The van der Waals surface area contributed by atoms with Gasteiger partial charge in [-0.1, -0.05) is 19.1 Å². The third-order valence-electron chi connectivity index (χ3n) is 3.60. The summed E-state index contributed by atoms with van der Waals surface area (Å²) in [6.45, 7) is 4.41. The SMILES string of the molecule is CCCOc1cccc(C(=O)Oc2cc(=O)n3cccc(C)c3n2)c1. The van der Waals surface area contributed by atoms with Gasteiger partial charge in [-0.25, -0.2) is 4.79 Å². The number of aryl methyl sites for hydroxylation is 1. The Kier molecular flexibility index (Phi) is 4.79. The molecule has 0 aliphatic carbocycles. The fraction of sp³-hybridized carbons (Fsp3) is 0.211. The summed E-state index contributed by atoms with van der Waals surface area (Å²) in [6.07, 6.45) is 2.50. The Morgan fingerprint density at radius 3 is 2.84 bits per heavy atom. The Hall–Kier alpha value is -3.15. The van der Waals surface area contributed by atoms with E-state index < -0.39 is 5.97 Å². The lowest BCUT2D eigenvalue weighted by Gasteiger charge is -2.08. The van der Waals surface area contributed by atoms with Gasteiger partial charge in [0, 0.05) is 6.20 Å². The number of carbonyl (C=O) groups excluding carboxylic acids is 1. The van der Waals surface area contributed by atoms with Crippen LogP contribution in [0.15, 0.2) is 53.5 Å². The molecule has 0 spiro atoms. The number of nitrogens with zero attached hydrogens (tertiary/aromatic N) is 2. The number of pyridine rings is 1. The second-order valence-electron chi connectivity index (χ2n) is 5.58. The van der Waals surface area contributed by atoms with Crippen LogP contribution in [-0.4, -0.2) is 22.0 Å². The quantitative estimate of drug-likeness (QED) is 0.669. The van der Waals surface area contributed by atoms with E-state index in [0.717, 1.165) is 12.0 Å². The lowest BCUT2D eigenvalue weighted by atomic mass is 10.2. The third kappa shape index (κ3) is 3.68. The normalized spacial score (nSPS) is 10.6. The number of rotatable bonds is 5. The minimum Gasteiger partial charge on any atom is -0.494 e. The van der Waals surface area contributed by atoms with Gasteiger partial charge in [0.15, 0.2) is 0 Å². The molecule has 0 atom stereocenters. The topological polar surface area (TPSA) is 69.9 Å².